The summed E-state index contributed by atoms with van der Waals surface area (Å²) in [7, 11) is 1.38. The fourth-order valence-electron chi connectivity index (χ4n) is 1.61. The first-order valence-corrected chi connectivity index (χ1v) is 4.94. The number of H-pyrrole nitrogens is 1. The van der Waals surface area contributed by atoms with Crippen molar-refractivity contribution in [2.24, 2.45) is 0 Å². The van der Waals surface area contributed by atoms with Crippen LogP contribution in [0.2, 0.25) is 0 Å². The number of carbonyl (C=O) groups excluding carboxylic acids is 1. The van der Waals surface area contributed by atoms with E-state index >= 15 is 0 Å². The van der Waals surface area contributed by atoms with E-state index in [0.29, 0.717) is 5.69 Å². The van der Waals surface area contributed by atoms with E-state index in [4.69, 9.17) is 0 Å². The fraction of sp³-hybridized carbons (Fsp3) is 0.250. The van der Waals surface area contributed by atoms with Gasteiger partial charge in [0.2, 0.25) is 0 Å². The molecule has 15 heavy (non-hydrogen) atoms. The molecule has 0 bridgehead atoms. The maximum atomic E-state index is 11.3. The lowest BCUT2D eigenvalue weighted by Gasteiger charge is -1.95. The predicted molar refractivity (Wildman–Crippen MR) is 59.0 cm³/mol. The lowest BCUT2D eigenvalue weighted by Crippen LogP contribution is -2.00. The second kappa shape index (κ2) is 3.77. The SMILES string of the molecule is CCc1ccc2cc(C(=O)OC)[nH]c2c1. The Bertz CT molecular complexity index is 499. The molecule has 0 spiro atoms. The number of aromatic nitrogens is 1. The number of esters is 1. The van der Waals surface area contributed by atoms with Crippen LogP contribution in [-0.2, 0) is 11.2 Å². The van der Waals surface area contributed by atoms with Crippen molar-refractivity contribution in [3.05, 3.63) is 35.5 Å². The van der Waals surface area contributed by atoms with Gasteiger partial charge in [0.1, 0.15) is 5.69 Å². The van der Waals surface area contributed by atoms with Crippen LogP contribution in [0.1, 0.15) is 23.0 Å². The van der Waals surface area contributed by atoms with Gasteiger partial charge in [-0.05, 0) is 24.1 Å². The Kier molecular flexibility index (Phi) is 2.46. The van der Waals surface area contributed by atoms with Gasteiger partial charge < -0.3 is 9.72 Å². The highest BCUT2D eigenvalue weighted by atomic mass is 16.5. The molecule has 0 radical (unpaired) electrons. The van der Waals surface area contributed by atoms with Crippen LogP contribution in [-0.4, -0.2) is 18.1 Å². The molecular weight excluding hydrogens is 190 g/mol. The van der Waals surface area contributed by atoms with Crippen LogP contribution < -0.4 is 0 Å². The molecule has 0 aliphatic heterocycles. The number of hydrogen-bond acceptors (Lipinski definition) is 2. The lowest BCUT2D eigenvalue weighted by molar-refractivity contribution is 0.0595. The van der Waals surface area contributed by atoms with E-state index in [1.54, 1.807) is 6.07 Å². The number of methoxy groups -OCH3 is 1. The highest BCUT2D eigenvalue weighted by molar-refractivity contribution is 5.94. The molecule has 78 valence electrons. The number of fused-ring (bicyclic) bond motifs is 1. The number of aromatic amines is 1. The number of benzene rings is 1. The first-order chi connectivity index (χ1) is 7.24. The van der Waals surface area contributed by atoms with Crippen molar-refractivity contribution in [3.8, 4) is 0 Å². The monoisotopic (exact) mass is 203 g/mol. The molecule has 0 amide bonds. The Balaban J connectivity index is 2.51. The fourth-order valence-corrected chi connectivity index (χ4v) is 1.61. The number of nitrogens with one attached hydrogen (secondary N) is 1. The maximum Gasteiger partial charge on any atom is 0.354 e. The smallest absolute Gasteiger partial charge is 0.354 e. The molecule has 0 aliphatic rings. The van der Waals surface area contributed by atoms with Gasteiger partial charge in [-0.3, -0.25) is 0 Å². The Hall–Kier alpha value is -1.77. The summed E-state index contributed by atoms with van der Waals surface area (Å²) in [5, 5.41) is 1.03. The van der Waals surface area contributed by atoms with Crippen molar-refractivity contribution in [2.45, 2.75) is 13.3 Å². The Labute approximate surface area is 88.1 Å². The molecule has 0 fully saturated rings. The third-order valence-corrected chi connectivity index (χ3v) is 2.50. The molecule has 2 rings (SSSR count). The van der Waals surface area contributed by atoms with Gasteiger partial charge in [0.05, 0.1) is 7.11 Å². The summed E-state index contributed by atoms with van der Waals surface area (Å²) in [5.41, 5.74) is 2.73. The van der Waals surface area contributed by atoms with Crippen molar-refractivity contribution >= 4 is 16.9 Å². The molecule has 3 heteroatoms. The van der Waals surface area contributed by atoms with Gasteiger partial charge in [0.15, 0.2) is 0 Å². The third-order valence-electron chi connectivity index (χ3n) is 2.50. The third kappa shape index (κ3) is 1.73. The number of hydrogen-bond donors (Lipinski definition) is 1. The zero-order valence-electron chi connectivity index (χ0n) is 8.83. The molecule has 1 N–H and O–H groups in total. The summed E-state index contributed by atoms with van der Waals surface area (Å²) in [6.45, 7) is 2.10. The van der Waals surface area contributed by atoms with Crippen LogP contribution in [0, 0.1) is 0 Å². The van der Waals surface area contributed by atoms with E-state index < -0.39 is 0 Å². The molecule has 1 heterocycles. The van der Waals surface area contributed by atoms with E-state index in [9.17, 15) is 4.79 Å². The summed E-state index contributed by atoms with van der Waals surface area (Å²) >= 11 is 0. The van der Waals surface area contributed by atoms with Crippen molar-refractivity contribution < 1.29 is 9.53 Å². The second-order valence-corrected chi connectivity index (χ2v) is 3.45. The van der Waals surface area contributed by atoms with Crippen molar-refractivity contribution in [1.82, 2.24) is 4.98 Å². The van der Waals surface area contributed by atoms with E-state index in [1.165, 1.54) is 12.7 Å². The van der Waals surface area contributed by atoms with E-state index in [2.05, 4.69) is 28.8 Å². The average Bonchev–Trinajstić information content (AvgIpc) is 2.70. The van der Waals surface area contributed by atoms with Gasteiger partial charge in [-0.1, -0.05) is 19.1 Å². The van der Waals surface area contributed by atoms with Crippen LogP contribution in [0.5, 0.6) is 0 Å². The van der Waals surface area contributed by atoms with Gasteiger partial charge in [-0.25, -0.2) is 4.79 Å². The molecule has 3 nitrogen and oxygen atoms in total. The predicted octanol–water partition coefficient (Wildman–Crippen LogP) is 2.52. The number of rotatable bonds is 2. The van der Waals surface area contributed by atoms with Gasteiger partial charge in [-0.15, -0.1) is 0 Å². The first-order valence-electron chi connectivity index (χ1n) is 4.94. The van der Waals surface area contributed by atoms with Gasteiger partial charge in [-0.2, -0.15) is 0 Å². The molecule has 0 saturated heterocycles. The van der Waals surface area contributed by atoms with Crippen LogP contribution in [0.15, 0.2) is 24.3 Å². The molecule has 0 aliphatic carbocycles. The minimum absolute atomic E-state index is 0.329. The lowest BCUT2D eigenvalue weighted by atomic mass is 10.1. The van der Waals surface area contributed by atoms with Crippen LogP contribution in [0.25, 0.3) is 10.9 Å². The van der Waals surface area contributed by atoms with Crippen molar-refractivity contribution in [3.63, 3.8) is 0 Å². The second-order valence-electron chi connectivity index (χ2n) is 3.45. The number of aryl methyl sites for hydroxylation is 1. The molecule has 0 unspecified atom stereocenters. The van der Waals surface area contributed by atoms with E-state index in [-0.39, 0.29) is 5.97 Å². The first kappa shape index (κ1) is 9.77. The maximum absolute atomic E-state index is 11.3. The zero-order chi connectivity index (χ0) is 10.8. The van der Waals surface area contributed by atoms with Crippen molar-refractivity contribution in [2.75, 3.05) is 7.11 Å². The zero-order valence-corrected chi connectivity index (χ0v) is 8.83. The molecular formula is C12H13NO2. The highest BCUT2D eigenvalue weighted by Crippen LogP contribution is 2.17. The highest BCUT2D eigenvalue weighted by Gasteiger charge is 2.08. The molecule has 1 aromatic carbocycles. The minimum atomic E-state index is -0.329. The average molecular weight is 203 g/mol. The molecule has 0 atom stereocenters. The Morgan fingerprint density at radius 3 is 2.87 bits per heavy atom. The Morgan fingerprint density at radius 1 is 1.40 bits per heavy atom. The molecule has 1 aromatic heterocycles. The van der Waals surface area contributed by atoms with Crippen LogP contribution in [0.4, 0.5) is 0 Å². The summed E-state index contributed by atoms with van der Waals surface area (Å²) in [5.74, 6) is -0.329. The summed E-state index contributed by atoms with van der Waals surface area (Å²) < 4.78 is 4.65. The van der Waals surface area contributed by atoms with Crippen LogP contribution >= 0.6 is 0 Å². The Morgan fingerprint density at radius 2 is 2.20 bits per heavy atom. The topological polar surface area (TPSA) is 42.1 Å². The minimum Gasteiger partial charge on any atom is -0.464 e. The summed E-state index contributed by atoms with van der Waals surface area (Å²) in [6, 6.07) is 7.94. The molecule has 0 saturated carbocycles. The van der Waals surface area contributed by atoms with Gasteiger partial charge in [0, 0.05) is 10.9 Å². The van der Waals surface area contributed by atoms with Crippen molar-refractivity contribution in [1.29, 1.82) is 0 Å². The summed E-state index contributed by atoms with van der Waals surface area (Å²) in [6.07, 6.45) is 0.989. The normalized spacial score (nSPS) is 10.5. The standard InChI is InChI=1S/C12H13NO2/c1-3-8-4-5-9-7-11(12(14)15-2)13-10(9)6-8/h4-7,13H,3H2,1-2H3. The quantitative estimate of drug-likeness (QED) is 0.762. The number of carbonyl (C=O) groups is 1. The van der Waals surface area contributed by atoms with Gasteiger partial charge >= 0.3 is 5.97 Å². The largest absolute Gasteiger partial charge is 0.464 e. The van der Waals surface area contributed by atoms with Crippen LogP contribution in [0.3, 0.4) is 0 Å². The number of ether oxygens (including phenoxy) is 1. The van der Waals surface area contributed by atoms with E-state index in [1.807, 2.05) is 6.07 Å². The summed E-state index contributed by atoms with van der Waals surface area (Å²) in [4.78, 5) is 14.3. The van der Waals surface area contributed by atoms with E-state index in [0.717, 1.165) is 17.3 Å². The molecule has 2 aromatic rings. The van der Waals surface area contributed by atoms with Gasteiger partial charge in [0.25, 0.3) is 0 Å².